The first-order valence-electron chi connectivity index (χ1n) is 14.9. The van der Waals surface area contributed by atoms with Crippen molar-refractivity contribution < 1.29 is 32.5 Å². The Bertz CT molecular complexity index is 1950. The number of hydrogen-bond acceptors (Lipinski definition) is 9. The highest BCUT2D eigenvalue weighted by atomic mass is 19.1. The fraction of sp³-hybridized carbons (Fsp3) is 0.235. The molecule has 0 unspecified atom stereocenters. The minimum absolute atomic E-state index is 0.0968. The second-order valence-electron chi connectivity index (χ2n) is 10.6. The minimum Gasteiger partial charge on any atom is -0.493 e. The molecule has 1 amide bonds. The van der Waals surface area contributed by atoms with Crippen LogP contribution in [-0.4, -0.2) is 72.1 Å². The van der Waals surface area contributed by atoms with Gasteiger partial charge in [-0.25, -0.2) is 8.78 Å². The number of methoxy groups -OCH3 is 1. The number of nitrogens with one attached hydrogen (secondary N) is 1. The molecule has 0 spiro atoms. The summed E-state index contributed by atoms with van der Waals surface area (Å²) in [4.78, 5) is 32.6. The SMILES string of the molecule is COc1cc2c(Oc3ccc(NC(=O)c4ccnn(-c5ccc(F)cc5)c4=O)cc3F)ccnc2cc1OCCCN1CCOCC1. The summed E-state index contributed by atoms with van der Waals surface area (Å²) < 4.78 is 52.5. The van der Waals surface area contributed by atoms with Gasteiger partial charge in [-0.1, -0.05) is 0 Å². The highest BCUT2D eigenvalue weighted by molar-refractivity contribution is 6.04. The summed E-state index contributed by atoms with van der Waals surface area (Å²) in [5.41, 5.74) is -0.00940. The molecule has 0 radical (unpaired) electrons. The van der Waals surface area contributed by atoms with E-state index >= 15 is 4.39 Å². The Morgan fingerprint density at radius 3 is 2.51 bits per heavy atom. The van der Waals surface area contributed by atoms with Gasteiger partial charge < -0.3 is 24.3 Å². The lowest BCUT2D eigenvalue weighted by Crippen LogP contribution is -2.37. The number of rotatable bonds is 11. The van der Waals surface area contributed by atoms with E-state index in [1.807, 2.05) is 0 Å². The normalized spacial score (nSPS) is 13.3. The molecule has 1 saturated heterocycles. The van der Waals surface area contributed by atoms with Crippen LogP contribution in [0.2, 0.25) is 0 Å². The van der Waals surface area contributed by atoms with Gasteiger partial charge in [0, 0.05) is 55.2 Å². The van der Waals surface area contributed by atoms with E-state index in [1.165, 1.54) is 55.8 Å². The maximum atomic E-state index is 15.2. The highest BCUT2D eigenvalue weighted by Crippen LogP contribution is 2.38. The molecular formula is C34H31F2N5O6. The smallest absolute Gasteiger partial charge is 0.284 e. The highest BCUT2D eigenvalue weighted by Gasteiger charge is 2.17. The van der Waals surface area contributed by atoms with E-state index in [0.29, 0.717) is 34.8 Å². The zero-order valence-corrected chi connectivity index (χ0v) is 25.4. The Balaban J connectivity index is 1.14. The van der Waals surface area contributed by atoms with Gasteiger partial charge >= 0.3 is 0 Å². The summed E-state index contributed by atoms with van der Waals surface area (Å²) in [7, 11) is 1.54. The summed E-state index contributed by atoms with van der Waals surface area (Å²) in [6, 6.07) is 15.3. The van der Waals surface area contributed by atoms with Crippen LogP contribution in [0.25, 0.3) is 16.6 Å². The Morgan fingerprint density at radius 1 is 0.936 bits per heavy atom. The summed E-state index contributed by atoms with van der Waals surface area (Å²) >= 11 is 0. The first-order chi connectivity index (χ1) is 22.9. The Kier molecular flexibility index (Phi) is 9.64. The molecule has 242 valence electrons. The number of pyridine rings is 1. The van der Waals surface area contributed by atoms with Crippen LogP contribution in [-0.2, 0) is 4.74 Å². The molecule has 47 heavy (non-hydrogen) atoms. The number of ether oxygens (including phenoxy) is 4. The maximum absolute atomic E-state index is 15.2. The van der Waals surface area contributed by atoms with Crippen LogP contribution in [0.1, 0.15) is 16.8 Å². The first-order valence-corrected chi connectivity index (χ1v) is 14.9. The van der Waals surface area contributed by atoms with E-state index in [9.17, 15) is 14.0 Å². The lowest BCUT2D eigenvalue weighted by atomic mass is 10.1. The molecule has 13 heteroatoms. The zero-order valence-electron chi connectivity index (χ0n) is 25.4. The molecule has 3 aromatic carbocycles. The molecule has 6 rings (SSSR count). The first kappa shape index (κ1) is 31.6. The molecule has 1 fully saturated rings. The molecule has 11 nitrogen and oxygen atoms in total. The molecule has 0 aliphatic carbocycles. The van der Waals surface area contributed by atoms with E-state index in [4.69, 9.17) is 18.9 Å². The Labute approximate surface area is 268 Å². The van der Waals surface area contributed by atoms with Gasteiger partial charge in [0.25, 0.3) is 11.5 Å². The van der Waals surface area contributed by atoms with Gasteiger partial charge in [0.15, 0.2) is 23.1 Å². The number of morpholine rings is 1. The third-order valence-corrected chi connectivity index (χ3v) is 7.54. The second kappa shape index (κ2) is 14.4. The van der Waals surface area contributed by atoms with Crippen molar-refractivity contribution in [3.63, 3.8) is 0 Å². The van der Waals surface area contributed by atoms with Crippen molar-refractivity contribution in [3.8, 4) is 28.7 Å². The molecule has 5 aromatic rings. The van der Waals surface area contributed by atoms with Gasteiger partial charge in [0.1, 0.15) is 17.1 Å². The zero-order chi connectivity index (χ0) is 32.8. The van der Waals surface area contributed by atoms with E-state index < -0.39 is 23.1 Å². The van der Waals surface area contributed by atoms with Gasteiger partial charge in [-0.05, 0) is 61.0 Å². The number of benzene rings is 3. The van der Waals surface area contributed by atoms with Crippen LogP contribution in [0.4, 0.5) is 14.5 Å². The number of amides is 1. The Morgan fingerprint density at radius 2 is 1.74 bits per heavy atom. The lowest BCUT2D eigenvalue weighted by molar-refractivity contribution is 0.0357. The van der Waals surface area contributed by atoms with Crippen molar-refractivity contribution in [2.45, 2.75) is 6.42 Å². The van der Waals surface area contributed by atoms with Crippen molar-refractivity contribution in [3.05, 3.63) is 107 Å². The van der Waals surface area contributed by atoms with Crippen LogP contribution in [0.15, 0.2) is 83.9 Å². The van der Waals surface area contributed by atoms with Gasteiger partial charge in [-0.15, -0.1) is 0 Å². The van der Waals surface area contributed by atoms with E-state index in [1.54, 1.807) is 24.4 Å². The van der Waals surface area contributed by atoms with Gasteiger partial charge in [-0.3, -0.25) is 19.5 Å². The number of carbonyl (C=O) groups is 1. The fourth-order valence-electron chi connectivity index (χ4n) is 5.11. The molecular weight excluding hydrogens is 612 g/mol. The number of halogens is 2. The third-order valence-electron chi connectivity index (χ3n) is 7.54. The number of anilines is 1. The summed E-state index contributed by atoms with van der Waals surface area (Å²) in [6.45, 7) is 4.72. The molecule has 1 aliphatic heterocycles. The maximum Gasteiger partial charge on any atom is 0.284 e. The predicted molar refractivity (Wildman–Crippen MR) is 170 cm³/mol. The number of nitrogens with zero attached hydrogens (tertiary/aromatic N) is 4. The lowest BCUT2D eigenvalue weighted by Gasteiger charge is -2.26. The number of fused-ring (bicyclic) bond motifs is 1. The van der Waals surface area contributed by atoms with Crippen LogP contribution in [0.5, 0.6) is 23.0 Å². The van der Waals surface area contributed by atoms with Crippen LogP contribution < -0.4 is 25.1 Å². The van der Waals surface area contributed by atoms with Gasteiger partial charge in [0.05, 0.1) is 38.1 Å². The average molecular weight is 644 g/mol. The standard InChI is InChI=1S/C34H31F2N5O6/c1-44-31-20-26-28(21-32(31)46-16-2-13-40-14-17-45-18-15-40)37-11-10-29(26)47-30-8-5-23(19-27(30)36)39-33(42)25-9-12-38-41(34(25)43)24-6-3-22(35)4-7-24/h3-12,19-21H,2,13-18H2,1H3,(H,39,42). The summed E-state index contributed by atoms with van der Waals surface area (Å²) in [5.74, 6) is -0.745. The molecule has 2 aromatic heterocycles. The molecule has 0 saturated carbocycles. The third kappa shape index (κ3) is 7.37. The van der Waals surface area contributed by atoms with E-state index in [2.05, 4.69) is 20.3 Å². The quantitative estimate of drug-likeness (QED) is 0.194. The monoisotopic (exact) mass is 643 g/mol. The number of carbonyl (C=O) groups excluding carboxylic acids is 1. The average Bonchev–Trinajstić information content (AvgIpc) is 3.08. The largest absolute Gasteiger partial charge is 0.493 e. The van der Waals surface area contributed by atoms with Crippen LogP contribution in [0.3, 0.4) is 0 Å². The van der Waals surface area contributed by atoms with Crippen molar-refractivity contribution in [1.82, 2.24) is 19.7 Å². The molecule has 3 heterocycles. The van der Waals surface area contributed by atoms with Crippen LogP contribution >= 0.6 is 0 Å². The molecule has 0 bridgehead atoms. The van der Waals surface area contributed by atoms with E-state index in [-0.39, 0.29) is 22.7 Å². The predicted octanol–water partition coefficient (Wildman–Crippen LogP) is 5.21. The van der Waals surface area contributed by atoms with Gasteiger partial charge in [0.2, 0.25) is 0 Å². The summed E-state index contributed by atoms with van der Waals surface area (Å²) in [6.07, 6.45) is 3.66. The summed E-state index contributed by atoms with van der Waals surface area (Å²) in [5, 5.41) is 7.07. The molecule has 1 aliphatic rings. The topological polar surface area (TPSA) is 117 Å². The fourth-order valence-corrected chi connectivity index (χ4v) is 5.11. The van der Waals surface area contributed by atoms with Crippen LogP contribution in [0, 0.1) is 11.6 Å². The molecule has 0 atom stereocenters. The van der Waals surface area contributed by atoms with Crippen molar-refractivity contribution in [2.75, 3.05) is 51.9 Å². The van der Waals surface area contributed by atoms with Crippen molar-refractivity contribution >= 4 is 22.5 Å². The van der Waals surface area contributed by atoms with Crippen molar-refractivity contribution in [1.29, 1.82) is 0 Å². The van der Waals surface area contributed by atoms with E-state index in [0.717, 1.165) is 50.0 Å². The van der Waals surface area contributed by atoms with Gasteiger partial charge in [-0.2, -0.15) is 9.78 Å². The molecule has 1 N–H and O–H groups in total. The van der Waals surface area contributed by atoms with Crippen molar-refractivity contribution in [2.24, 2.45) is 0 Å². The number of hydrogen-bond donors (Lipinski definition) is 1. The Hall–Kier alpha value is -5.40. The second-order valence-corrected chi connectivity index (χ2v) is 10.6. The minimum atomic E-state index is -0.771. The number of aromatic nitrogens is 3.